The number of H-pyrrole nitrogens is 1. The Hall–Kier alpha value is -2.54. The molecule has 0 unspecified atom stereocenters. The van der Waals surface area contributed by atoms with Crippen molar-refractivity contribution in [1.82, 2.24) is 10.2 Å². The molecule has 3 aromatic rings. The summed E-state index contributed by atoms with van der Waals surface area (Å²) >= 11 is 18.2. The van der Waals surface area contributed by atoms with Gasteiger partial charge in [0.2, 0.25) is 0 Å². The van der Waals surface area contributed by atoms with Gasteiger partial charge in [0.05, 0.1) is 12.4 Å². The minimum atomic E-state index is -0.495. The summed E-state index contributed by atoms with van der Waals surface area (Å²) in [6.07, 6.45) is 2.93. The molecule has 0 saturated heterocycles. The molecule has 0 aliphatic rings. The second-order valence-electron chi connectivity index (χ2n) is 5.36. The molecule has 27 heavy (non-hydrogen) atoms. The van der Waals surface area contributed by atoms with Crippen LogP contribution < -0.4 is 15.7 Å². The molecular formula is C18H13Cl3N4O2. The number of benzene rings is 2. The van der Waals surface area contributed by atoms with Gasteiger partial charge in [-0.05, 0) is 29.8 Å². The van der Waals surface area contributed by atoms with Crippen LogP contribution in [0.2, 0.25) is 15.1 Å². The third-order valence-corrected chi connectivity index (χ3v) is 4.58. The Balaban J connectivity index is 1.67. The molecule has 0 aliphatic heterocycles. The van der Waals surface area contributed by atoms with E-state index in [9.17, 15) is 4.79 Å². The monoisotopic (exact) mass is 422 g/mol. The Morgan fingerprint density at radius 3 is 2.67 bits per heavy atom. The van der Waals surface area contributed by atoms with E-state index in [2.05, 4.69) is 20.7 Å². The maximum Gasteiger partial charge on any atom is 0.285 e. The van der Waals surface area contributed by atoms with Crippen molar-refractivity contribution in [1.29, 1.82) is 0 Å². The van der Waals surface area contributed by atoms with Crippen LogP contribution in [-0.2, 0) is 6.61 Å². The second-order valence-corrected chi connectivity index (χ2v) is 6.55. The lowest BCUT2D eigenvalue weighted by atomic mass is 10.2. The minimum absolute atomic E-state index is 0.0177. The van der Waals surface area contributed by atoms with Crippen molar-refractivity contribution in [3.63, 3.8) is 0 Å². The number of ether oxygens (including phenoxy) is 1. The van der Waals surface area contributed by atoms with Crippen molar-refractivity contribution in [3.8, 4) is 5.75 Å². The van der Waals surface area contributed by atoms with E-state index in [0.29, 0.717) is 21.5 Å². The summed E-state index contributed by atoms with van der Waals surface area (Å²) in [7, 11) is 0. The van der Waals surface area contributed by atoms with Crippen LogP contribution in [0, 0.1) is 0 Å². The quantitative estimate of drug-likeness (QED) is 0.443. The Morgan fingerprint density at radius 1 is 1.15 bits per heavy atom. The number of hydrogen-bond donors (Lipinski definition) is 2. The lowest BCUT2D eigenvalue weighted by Crippen LogP contribution is -2.10. The first kappa shape index (κ1) is 19.2. The Labute approximate surface area is 169 Å². The van der Waals surface area contributed by atoms with E-state index < -0.39 is 5.56 Å². The molecule has 0 bridgehead atoms. The van der Waals surface area contributed by atoms with E-state index >= 15 is 0 Å². The highest BCUT2D eigenvalue weighted by Crippen LogP contribution is 2.26. The zero-order chi connectivity index (χ0) is 19.2. The number of aromatic nitrogens is 2. The van der Waals surface area contributed by atoms with Crippen molar-refractivity contribution >= 4 is 46.7 Å². The Morgan fingerprint density at radius 2 is 1.89 bits per heavy atom. The Kier molecular flexibility index (Phi) is 6.34. The van der Waals surface area contributed by atoms with Gasteiger partial charge in [-0.25, -0.2) is 5.10 Å². The first-order chi connectivity index (χ1) is 13.0. The number of nitrogens with one attached hydrogen (secondary N) is 2. The van der Waals surface area contributed by atoms with Gasteiger partial charge in [-0.1, -0.05) is 53.0 Å². The molecule has 0 aliphatic carbocycles. The molecule has 9 heteroatoms. The standard InChI is InChI=1S/C18H13Cl3N4O2/c19-14-5-2-6-15(20)13(14)10-27-12-4-1-3-11(7-12)8-22-24-16-9-23-25-18(26)17(16)21/h1-9H,10H2,(H2,24,25,26)/b22-8+. The van der Waals surface area contributed by atoms with E-state index in [1.165, 1.54) is 6.20 Å². The number of hydrogen-bond acceptors (Lipinski definition) is 5. The fourth-order valence-corrected chi connectivity index (χ4v) is 2.79. The number of halogens is 3. The molecule has 2 aromatic carbocycles. The van der Waals surface area contributed by atoms with Crippen molar-refractivity contribution < 1.29 is 4.74 Å². The fraction of sp³-hybridized carbons (Fsp3) is 0.0556. The van der Waals surface area contributed by atoms with E-state index in [1.807, 2.05) is 18.2 Å². The highest BCUT2D eigenvalue weighted by Gasteiger charge is 2.06. The van der Waals surface area contributed by atoms with Crippen LogP contribution in [-0.4, -0.2) is 16.4 Å². The Bertz CT molecular complexity index is 1020. The first-order valence-electron chi connectivity index (χ1n) is 7.72. The van der Waals surface area contributed by atoms with E-state index in [4.69, 9.17) is 39.5 Å². The fourth-order valence-electron chi connectivity index (χ4n) is 2.15. The van der Waals surface area contributed by atoms with Crippen molar-refractivity contribution in [2.45, 2.75) is 6.61 Å². The molecule has 0 spiro atoms. The number of anilines is 1. The molecule has 2 N–H and O–H groups in total. The van der Waals surface area contributed by atoms with Crippen LogP contribution in [0.1, 0.15) is 11.1 Å². The lowest BCUT2D eigenvalue weighted by Gasteiger charge is -2.10. The molecule has 0 atom stereocenters. The SMILES string of the molecule is O=c1[nH]ncc(N/N=C/c2cccc(OCc3c(Cl)cccc3Cl)c2)c1Cl. The molecule has 0 saturated carbocycles. The van der Waals surface area contributed by atoms with Gasteiger partial charge < -0.3 is 4.74 Å². The van der Waals surface area contributed by atoms with Crippen LogP contribution >= 0.6 is 34.8 Å². The zero-order valence-corrected chi connectivity index (χ0v) is 16.0. The largest absolute Gasteiger partial charge is 0.489 e. The molecule has 138 valence electrons. The predicted molar refractivity (Wildman–Crippen MR) is 108 cm³/mol. The molecular weight excluding hydrogens is 411 g/mol. The van der Waals surface area contributed by atoms with E-state index in [0.717, 1.165) is 11.1 Å². The predicted octanol–water partition coefficient (Wildman–Crippen LogP) is 4.76. The summed E-state index contributed by atoms with van der Waals surface area (Å²) in [5, 5.41) is 11.0. The molecule has 0 fully saturated rings. The van der Waals surface area contributed by atoms with Crippen molar-refractivity contribution in [3.05, 3.63) is 85.2 Å². The summed E-state index contributed by atoms with van der Waals surface area (Å²) in [6, 6.07) is 12.6. The molecule has 0 radical (unpaired) electrons. The molecule has 6 nitrogen and oxygen atoms in total. The van der Waals surface area contributed by atoms with Gasteiger partial charge in [-0.3, -0.25) is 10.2 Å². The number of nitrogens with zero attached hydrogens (tertiary/aromatic N) is 2. The van der Waals surface area contributed by atoms with E-state index in [-0.39, 0.29) is 11.6 Å². The normalized spacial score (nSPS) is 10.9. The second kappa shape index (κ2) is 8.90. The van der Waals surface area contributed by atoms with Gasteiger partial charge >= 0.3 is 0 Å². The third kappa shape index (κ3) is 5.01. The highest BCUT2D eigenvalue weighted by molar-refractivity contribution is 6.36. The van der Waals surface area contributed by atoms with Crippen LogP contribution in [0.4, 0.5) is 5.69 Å². The minimum Gasteiger partial charge on any atom is -0.489 e. The topological polar surface area (TPSA) is 79.4 Å². The number of aromatic amines is 1. The third-order valence-electron chi connectivity index (χ3n) is 3.50. The lowest BCUT2D eigenvalue weighted by molar-refractivity contribution is 0.306. The van der Waals surface area contributed by atoms with Crippen molar-refractivity contribution in [2.75, 3.05) is 5.43 Å². The van der Waals surface area contributed by atoms with Gasteiger partial charge in [0, 0.05) is 15.6 Å². The number of rotatable bonds is 6. The van der Waals surface area contributed by atoms with Crippen LogP contribution in [0.3, 0.4) is 0 Å². The van der Waals surface area contributed by atoms with Gasteiger partial charge in [0.15, 0.2) is 0 Å². The molecule has 0 amide bonds. The summed E-state index contributed by atoms with van der Waals surface area (Å²) in [5.74, 6) is 0.630. The van der Waals surface area contributed by atoms with Gasteiger partial charge in [-0.2, -0.15) is 10.2 Å². The average molecular weight is 424 g/mol. The van der Waals surface area contributed by atoms with Gasteiger partial charge in [0.1, 0.15) is 23.1 Å². The summed E-state index contributed by atoms with van der Waals surface area (Å²) in [6.45, 7) is 0.241. The molecule has 1 aromatic heterocycles. The molecule has 1 heterocycles. The summed E-state index contributed by atoms with van der Waals surface area (Å²) < 4.78 is 5.77. The average Bonchev–Trinajstić information content (AvgIpc) is 2.65. The van der Waals surface area contributed by atoms with Gasteiger partial charge in [-0.15, -0.1) is 0 Å². The van der Waals surface area contributed by atoms with Crippen LogP contribution in [0.15, 0.2) is 58.6 Å². The first-order valence-corrected chi connectivity index (χ1v) is 8.86. The van der Waals surface area contributed by atoms with Crippen molar-refractivity contribution in [2.24, 2.45) is 5.10 Å². The smallest absolute Gasteiger partial charge is 0.285 e. The molecule has 3 rings (SSSR count). The van der Waals surface area contributed by atoms with Gasteiger partial charge in [0.25, 0.3) is 5.56 Å². The zero-order valence-electron chi connectivity index (χ0n) is 13.7. The number of hydrazone groups is 1. The summed E-state index contributed by atoms with van der Waals surface area (Å²) in [4.78, 5) is 11.4. The maximum atomic E-state index is 11.4. The van der Waals surface area contributed by atoms with Crippen LogP contribution in [0.25, 0.3) is 0 Å². The maximum absolute atomic E-state index is 11.4. The summed E-state index contributed by atoms with van der Waals surface area (Å²) in [5.41, 5.74) is 3.98. The van der Waals surface area contributed by atoms with E-state index in [1.54, 1.807) is 30.5 Å². The van der Waals surface area contributed by atoms with Crippen LogP contribution in [0.5, 0.6) is 5.75 Å². The highest BCUT2D eigenvalue weighted by atomic mass is 35.5.